The van der Waals surface area contributed by atoms with Gasteiger partial charge in [-0.3, -0.25) is 9.80 Å². The fourth-order valence-electron chi connectivity index (χ4n) is 7.11. The maximum Gasteiger partial charge on any atom is 0.204 e. The number of methoxy groups -OCH3 is 3. The normalized spacial score (nSPS) is 18.6. The number of hydrogen-bond acceptors (Lipinski definition) is 8. The molecule has 2 atom stereocenters. The van der Waals surface area contributed by atoms with Gasteiger partial charge in [-0.05, 0) is 110 Å². The van der Waals surface area contributed by atoms with Crippen LogP contribution in [-0.2, 0) is 25.7 Å². The minimum atomic E-state index is -0.0402. The van der Waals surface area contributed by atoms with E-state index in [9.17, 15) is 5.11 Å². The lowest BCUT2D eigenvalue weighted by Crippen LogP contribution is -2.34. The van der Waals surface area contributed by atoms with Gasteiger partial charge in [-0.1, -0.05) is 18.2 Å². The highest BCUT2D eigenvalue weighted by Crippen LogP contribution is 2.52. The van der Waals surface area contributed by atoms with Gasteiger partial charge in [-0.15, -0.1) is 24.8 Å². The highest BCUT2D eigenvalue weighted by atomic mass is 35.5. The lowest BCUT2D eigenvalue weighted by molar-refractivity contribution is 0.220. The molecule has 0 aromatic heterocycles. The molecule has 4 aliphatic heterocycles. The molecule has 10 heteroatoms. The number of nitrogens with zero attached hydrogens (tertiary/aromatic N) is 2. The van der Waals surface area contributed by atoms with Crippen molar-refractivity contribution in [1.82, 2.24) is 9.80 Å². The van der Waals surface area contributed by atoms with E-state index in [0.29, 0.717) is 46.7 Å². The number of ether oxygens (including phenoxy) is 5. The Kier molecular flexibility index (Phi) is 10.4. The van der Waals surface area contributed by atoms with Crippen LogP contribution in [-0.4, -0.2) is 63.4 Å². The van der Waals surface area contributed by atoms with Crippen molar-refractivity contribution in [2.24, 2.45) is 0 Å². The summed E-state index contributed by atoms with van der Waals surface area (Å²) in [7, 11) is 9.33. The molecule has 4 aliphatic rings. The van der Waals surface area contributed by atoms with Gasteiger partial charge < -0.3 is 28.8 Å². The van der Waals surface area contributed by atoms with Crippen molar-refractivity contribution in [3.63, 3.8) is 0 Å². The molecule has 0 spiro atoms. The summed E-state index contributed by atoms with van der Waals surface area (Å²) in [6.45, 7) is 1.82. The standard InChI is InChI=1S/C37H40N2O6.2ClH/c1-38-14-12-24-19-32(41-3)33-21-27(24)28(38)16-22-6-9-26(10-7-22)44-31-18-23(8-11-30(31)40)17-29-35-25(13-15-39(29)2)20-34(42-4)36(43-5)37(35)45-33;;/h6-11,18-21,28-29,40H,12-17H2,1-5H3;2*1H/t28-,29-;;/m1../s1. The van der Waals surface area contributed by atoms with Crippen LogP contribution in [0.2, 0.25) is 0 Å². The van der Waals surface area contributed by atoms with Crippen molar-refractivity contribution in [2.45, 2.75) is 37.8 Å². The number of fused-ring (bicyclic) bond motifs is 2. The molecule has 0 radical (unpaired) electrons. The Morgan fingerprint density at radius 3 is 2.02 bits per heavy atom. The highest BCUT2D eigenvalue weighted by Gasteiger charge is 2.34. The van der Waals surface area contributed by atoms with Crippen molar-refractivity contribution >= 4 is 24.8 Å². The quantitative estimate of drug-likeness (QED) is 0.236. The molecular formula is C37H42Cl2N2O6. The van der Waals surface area contributed by atoms with Crippen LogP contribution in [0.25, 0.3) is 0 Å². The molecule has 0 amide bonds. The predicted octanol–water partition coefficient (Wildman–Crippen LogP) is 7.70. The number of likely N-dealkylation sites (N-methyl/N-ethyl adjacent to an activating group) is 2. The fourth-order valence-corrected chi connectivity index (χ4v) is 7.11. The Balaban J connectivity index is 0.00000217. The molecule has 4 heterocycles. The van der Waals surface area contributed by atoms with Gasteiger partial charge in [0.25, 0.3) is 0 Å². The summed E-state index contributed by atoms with van der Waals surface area (Å²) in [5.41, 5.74) is 6.93. The summed E-state index contributed by atoms with van der Waals surface area (Å²) >= 11 is 0. The maximum absolute atomic E-state index is 10.7. The molecule has 8 rings (SSSR count). The van der Waals surface area contributed by atoms with E-state index in [0.717, 1.165) is 49.0 Å². The van der Waals surface area contributed by atoms with E-state index in [2.05, 4.69) is 54.2 Å². The first-order valence-corrected chi connectivity index (χ1v) is 15.5. The van der Waals surface area contributed by atoms with Crippen LogP contribution in [0.5, 0.6) is 46.0 Å². The van der Waals surface area contributed by atoms with E-state index in [1.165, 1.54) is 16.7 Å². The molecule has 250 valence electrons. The van der Waals surface area contributed by atoms with E-state index in [4.69, 9.17) is 23.7 Å². The number of phenolic OH excluding ortho intramolecular Hbond substituents is 1. The van der Waals surface area contributed by atoms with E-state index in [1.807, 2.05) is 24.3 Å². The average molecular weight is 682 g/mol. The zero-order valence-electron chi connectivity index (χ0n) is 27.4. The zero-order valence-corrected chi connectivity index (χ0v) is 29.0. The van der Waals surface area contributed by atoms with Gasteiger partial charge in [0.2, 0.25) is 5.75 Å². The average Bonchev–Trinajstić information content (AvgIpc) is 3.05. The zero-order chi connectivity index (χ0) is 31.2. The topological polar surface area (TPSA) is 72.9 Å². The van der Waals surface area contributed by atoms with Crippen molar-refractivity contribution in [3.05, 3.63) is 94.0 Å². The van der Waals surface area contributed by atoms with E-state index in [1.54, 1.807) is 27.4 Å². The Bertz CT molecular complexity index is 1750. The summed E-state index contributed by atoms with van der Waals surface area (Å²) in [4.78, 5) is 4.75. The molecule has 0 unspecified atom stereocenters. The van der Waals surface area contributed by atoms with Crippen LogP contribution >= 0.6 is 24.8 Å². The van der Waals surface area contributed by atoms with Crippen molar-refractivity contribution < 1.29 is 28.8 Å². The van der Waals surface area contributed by atoms with Crippen molar-refractivity contribution in [3.8, 4) is 46.0 Å². The smallest absolute Gasteiger partial charge is 0.204 e. The Hall–Kier alpha value is -3.82. The molecule has 0 saturated heterocycles. The summed E-state index contributed by atoms with van der Waals surface area (Å²) in [6.07, 6.45) is 3.25. The summed E-state index contributed by atoms with van der Waals surface area (Å²) in [5, 5.41) is 10.7. The molecule has 4 aromatic carbocycles. The van der Waals surface area contributed by atoms with Crippen LogP contribution in [0.1, 0.15) is 45.5 Å². The predicted molar refractivity (Wildman–Crippen MR) is 187 cm³/mol. The second-order valence-corrected chi connectivity index (χ2v) is 12.3. The Labute approximate surface area is 289 Å². The van der Waals surface area contributed by atoms with Crippen molar-refractivity contribution in [2.75, 3.05) is 48.5 Å². The second kappa shape index (κ2) is 14.1. The molecule has 0 saturated carbocycles. The first-order chi connectivity index (χ1) is 21.9. The summed E-state index contributed by atoms with van der Waals surface area (Å²) < 4.78 is 31.0. The van der Waals surface area contributed by atoms with Gasteiger partial charge in [-0.25, -0.2) is 0 Å². The Morgan fingerprint density at radius 2 is 1.32 bits per heavy atom. The maximum atomic E-state index is 10.7. The van der Waals surface area contributed by atoms with E-state index < -0.39 is 0 Å². The van der Waals surface area contributed by atoms with Gasteiger partial charge in [0.05, 0.1) is 21.3 Å². The molecule has 47 heavy (non-hydrogen) atoms. The third-order valence-electron chi connectivity index (χ3n) is 9.64. The van der Waals surface area contributed by atoms with Crippen LogP contribution in [0.3, 0.4) is 0 Å². The number of phenols is 1. The van der Waals surface area contributed by atoms with Crippen LogP contribution in [0.4, 0.5) is 0 Å². The molecule has 8 nitrogen and oxygen atoms in total. The Morgan fingerprint density at radius 1 is 0.681 bits per heavy atom. The first kappa shape index (κ1) is 34.5. The third kappa shape index (κ3) is 6.40. The fraction of sp³-hybridized carbons (Fsp3) is 0.351. The second-order valence-electron chi connectivity index (χ2n) is 12.3. The molecule has 4 aromatic rings. The minimum absolute atomic E-state index is 0. The SMILES string of the molecule is COc1cc2c3cc1Oc1c(OC)c(OC)cc4c1[C@@H](Cc1ccc(O)c(c1)Oc1ccc(cc1)C[C@H]3N(C)CC2)N(C)CC4.Cl.Cl. The molecule has 0 aliphatic carbocycles. The number of aromatic hydroxyl groups is 1. The van der Waals surface area contributed by atoms with E-state index in [-0.39, 0.29) is 42.6 Å². The number of hydrogen-bond donors (Lipinski definition) is 1. The van der Waals surface area contributed by atoms with Gasteiger partial charge in [0.1, 0.15) is 5.75 Å². The van der Waals surface area contributed by atoms with Gasteiger partial charge >= 0.3 is 0 Å². The largest absolute Gasteiger partial charge is 0.504 e. The van der Waals surface area contributed by atoms with E-state index >= 15 is 0 Å². The van der Waals surface area contributed by atoms with Crippen LogP contribution in [0.15, 0.2) is 60.7 Å². The summed E-state index contributed by atoms with van der Waals surface area (Å²) in [6, 6.07) is 20.3. The van der Waals surface area contributed by atoms with Gasteiger partial charge in [0, 0.05) is 30.7 Å². The molecule has 1 N–H and O–H groups in total. The van der Waals surface area contributed by atoms with Crippen LogP contribution in [0, 0.1) is 0 Å². The molecular weight excluding hydrogens is 639 g/mol. The first-order valence-electron chi connectivity index (χ1n) is 15.5. The lowest BCUT2D eigenvalue weighted by Gasteiger charge is -2.37. The third-order valence-corrected chi connectivity index (χ3v) is 9.64. The molecule has 6 bridgehead atoms. The van der Waals surface area contributed by atoms with Gasteiger partial charge in [-0.2, -0.15) is 0 Å². The lowest BCUT2D eigenvalue weighted by atomic mass is 9.87. The highest BCUT2D eigenvalue weighted by molar-refractivity contribution is 5.85. The number of halogens is 2. The minimum Gasteiger partial charge on any atom is -0.504 e. The number of rotatable bonds is 3. The summed E-state index contributed by atoms with van der Waals surface area (Å²) in [5.74, 6) is 4.37. The van der Waals surface area contributed by atoms with Crippen molar-refractivity contribution in [1.29, 1.82) is 0 Å². The number of benzene rings is 4. The van der Waals surface area contributed by atoms with Crippen LogP contribution < -0.4 is 23.7 Å². The van der Waals surface area contributed by atoms with Gasteiger partial charge in [0.15, 0.2) is 34.5 Å². The monoisotopic (exact) mass is 680 g/mol. The molecule has 0 fully saturated rings.